The first-order chi connectivity index (χ1) is 7.72. The maximum absolute atomic E-state index is 6.11. The van der Waals surface area contributed by atoms with E-state index in [0.29, 0.717) is 0 Å². The third kappa shape index (κ3) is 2.38. The van der Waals surface area contributed by atoms with E-state index in [-0.39, 0.29) is 5.38 Å². The molecule has 1 heterocycles. The Bertz CT molecular complexity index is 484. The van der Waals surface area contributed by atoms with Crippen molar-refractivity contribution < 1.29 is 0 Å². The topological polar surface area (TPSA) is 30.7 Å². The number of hydrogen-bond donors (Lipinski definition) is 0. The lowest BCUT2D eigenvalue weighted by atomic mass is 10.2. The van der Waals surface area contributed by atoms with Crippen molar-refractivity contribution in [2.45, 2.75) is 18.7 Å². The van der Waals surface area contributed by atoms with Gasteiger partial charge >= 0.3 is 0 Å². The molecule has 3 nitrogen and oxygen atoms in total. The van der Waals surface area contributed by atoms with Crippen LogP contribution in [-0.2, 0) is 0 Å². The Kier molecular flexibility index (Phi) is 3.81. The van der Waals surface area contributed by atoms with Gasteiger partial charge in [0.15, 0.2) is 0 Å². The molecular formula is C11H11ClIN3. The van der Waals surface area contributed by atoms with E-state index in [1.807, 2.05) is 37.4 Å². The molecule has 84 valence electrons. The Hall–Kier alpha value is -0.620. The third-order valence-corrected chi connectivity index (χ3v) is 3.73. The second-order valence-electron chi connectivity index (χ2n) is 3.42. The number of aromatic nitrogens is 3. The quantitative estimate of drug-likeness (QED) is 0.628. The van der Waals surface area contributed by atoms with Gasteiger partial charge in [0.2, 0.25) is 0 Å². The minimum Gasteiger partial charge on any atom is -0.219 e. The van der Waals surface area contributed by atoms with E-state index in [1.165, 1.54) is 0 Å². The number of benzene rings is 1. The van der Waals surface area contributed by atoms with E-state index in [0.717, 1.165) is 21.4 Å². The van der Waals surface area contributed by atoms with Crippen LogP contribution in [0.15, 0.2) is 30.5 Å². The fraction of sp³-hybridized carbons (Fsp3) is 0.273. The molecule has 1 aromatic carbocycles. The fourth-order valence-electron chi connectivity index (χ4n) is 1.38. The van der Waals surface area contributed by atoms with Crippen LogP contribution in [0.25, 0.3) is 5.69 Å². The molecule has 0 aliphatic rings. The second-order valence-corrected chi connectivity index (χ2v) is 5.10. The summed E-state index contributed by atoms with van der Waals surface area (Å²) in [5, 5.41) is 8.12. The van der Waals surface area contributed by atoms with Crippen LogP contribution in [0.2, 0.25) is 0 Å². The van der Waals surface area contributed by atoms with Crippen LogP contribution in [0.4, 0.5) is 0 Å². The Morgan fingerprint density at radius 1 is 1.44 bits per heavy atom. The maximum atomic E-state index is 6.11. The molecule has 0 spiro atoms. The molecule has 1 atom stereocenters. The molecule has 0 saturated heterocycles. The van der Waals surface area contributed by atoms with Gasteiger partial charge in [-0.25, -0.2) is 4.68 Å². The zero-order valence-corrected chi connectivity index (χ0v) is 11.7. The van der Waals surface area contributed by atoms with E-state index in [1.54, 1.807) is 4.68 Å². The van der Waals surface area contributed by atoms with E-state index >= 15 is 0 Å². The molecule has 0 saturated carbocycles. The summed E-state index contributed by atoms with van der Waals surface area (Å²) in [4.78, 5) is 0. The van der Waals surface area contributed by atoms with E-state index in [4.69, 9.17) is 11.6 Å². The Labute approximate surface area is 113 Å². The first-order valence-corrected chi connectivity index (χ1v) is 6.55. The van der Waals surface area contributed by atoms with Crippen LogP contribution in [-0.4, -0.2) is 15.0 Å². The van der Waals surface area contributed by atoms with Crippen molar-refractivity contribution in [3.05, 3.63) is 39.7 Å². The zero-order chi connectivity index (χ0) is 11.5. The SMILES string of the molecule is CCC(Cl)c1cn(-c2ccccc2I)nn1. The highest BCUT2D eigenvalue weighted by Gasteiger charge is 2.11. The summed E-state index contributed by atoms with van der Waals surface area (Å²) in [5.41, 5.74) is 1.85. The lowest BCUT2D eigenvalue weighted by Gasteiger charge is -2.02. The number of alkyl halides is 1. The molecule has 0 aliphatic carbocycles. The zero-order valence-electron chi connectivity index (χ0n) is 8.77. The maximum Gasteiger partial charge on any atom is 0.101 e. The molecule has 0 bridgehead atoms. The normalized spacial score (nSPS) is 12.7. The van der Waals surface area contributed by atoms with Crippen LogP contribution in [0, 0.1) is 3.57 Å². The predicted octanol–water partition coefficient (Wildman–Crippen LogP) is 3.56. The predicted molar refractivity (Wildman–Crippen MR) is 73.0 cm³/mol. The van der Waals surface area contributed by atoms with Gasteiger partial charge in [-0.15, -0.1) is 16.7 Å². The van der Waals surface area contributed by atoms with Crippen molar-refractivity contribution in [1.29, 1.82) is 0 Å². The number of hydrogen-bond acceptors (Lipinski definition) is 2. The third-order valence-electron chi connectivity index (χ3n) is 2.29. The first kappa shape index (κ1) is 11.9. The van der Waals surface area contributed by atoms with E-state index in [2.05, 4.69) is 32.9 Å². The molecule has 1 unspecified atom stereocenters. The summed E-state index contributed by atoms with van der Waals surface area (Å²) >= 11 is 8.39. The highest BCUT2D eigenvalue weighted by molar-refractivity contribution is 14.1. The Balaban J connectivity index is 2.35. The highest BCUT2D eigenvalue weighted by atomic mass is 127. The van der Waals surface area contributed by atoms with Gasteiger partial charge < -0.3 is 0 Å². The van der Waals surface area contributed by atoms with Gasteiger partial charge in [0.05, 0.1) is 17.3 Å². The number of nitrogens with zero attached hydrogens (tertiary/aromatic N) is 3. The molecule has 1 aromatic heterocycles. The summed E-state index contributed by atoms with van der Waals surface area (Å²) in [5.74, 6) is 0. The van der Waals surface area contributed by atoms with Crippen molar-refractivity contribution >= 4 is 34.2 Å². The molecular weight excluding hydrogens is 336 g/mol. The van der Waals surface area contributed by atoms with Gasteiger partial charge in [-0.2, -0.15) is 0 Å². The molecule has 2 aromatic rings. The van der Waals surface area contributed by atoms with Gasteiger partial charge in [0, 0.05) is 3.57 Å². The first-order valence-electron chi connectivity index (χ1n) is 5.03. The van der Waals surface area contributed by atoms with Crippen molar-refractivity contribution in [3.8, 4) is 5.69 Å². The van der Waals surface area contributed by atoms with Crippen LogP contribution < -0.4 is 0 Å². The summed E-state index contributed by atoms with van der Waals surface area (Å²) < 4.78 is 2.90. The smallest absolute Gasteiger partial charge is 0.101 e. The molecule has 0 fully saturated rings. The van der Waals surface area contributed by atoms with Crippen molar-refractivity contribution in [2.75, 3.05) is 0 Å². The molecule has 16 heavy (non-hydrogen) atoms. The van der Waals surface area contributed by atoms with Gasteiger partial charge in [-0.1, -0.05) is 24.3 Å². The van der Waals surface area contributed by atoms with Crippen LogP contribution >= 0.6 is 34.2 Å². The highest BCUT2D eigenvalue weighted by Crippen LogP contribution is 2.23. The monoisotopic (exact) mass is 347 g/mol. The minimum atomic E-state index is -0.0601. The van der Waals surface area contributed by atoms with Gasteiger partial charge in [0.25, 0.3) is 0 Å². The average Bonchev–Trinajstić information content (AvgIpc) is 2.78. The number of para-hydroxylation sites is 1. The molecule has 5 heteroatoms. The second kappa shape index (κ2) is 5.14. The average molecular weight is 348 g/mol. The van der Waals surface area contributed by atoms with E-state index < -0.39 is 0 Å². The molecule has 0 aliphatic heterocycles. The molecule has 0 radical (unpaired) electrons. The fourth-order valence-corrected chi connectivity index (χ4v) is 2.12. The van der Waals surface area contributed by atoms with Crippen LogP contribution in [0.1, 0.15) is 24.4 Å². The number of rotatable bonds is 3. The molecule has 0 N–H and O–H groups in total. The summed E-state index contributed by atoms with van der Waals surface area (Å²) in [6.45, 7) is 2.03. The number of halogens is 2. The van der Waals surface area contributed by atoms with Gasteiger partial charge in [-0.3, -0.25) is 0 Å². The Morgan fingerprint density at radius 3 is 2.88 bits per heavy atom. The van der Waals surface area contributed by atoms with Crippen LogP contribution in [0.3, 0.4) is 0 Å². The lowest BCUT2D eigenvalue weighted by molar-refractivity contribution is 0.783. The van der Waals surface area contributed by atoms with Crippen molar-refractivity contribution in [3.63, 3.8) is 0 Å². The van der Waals surface area contributed by atoms with E-state index in [9.17, 15) is 0 Å². The summed E-state index contributed by atoms with van der Waals surface area (Å²) in [7, 11) is 0. The molecule has 2 rings (SSSR count). The van der Waals surface area contributed by atoms with Crippen molar-refractivity contribution in [2.24, 2.45) is 0 Å². The largest absolute Gasteiger partial charge is 0.219 e. The van der Waals surface area contributed by atoms with Crippen LogP contribution in [0.5, 0.6) is 0 Å². The minimum absolute atomic E-state index is 0.0601. The summed E-state index contributed by atoms with van der Waals surface area (Å²) in [6.07, 6.45) is 2.74. The molecule has 0 amide bonds. The summed E-state index contributed by atoms with van der Waals surface area (Å²) in [6, 6.07) is 8.03. The van der Waals surface area contributed by atoms with Gasteiger partial charge in [0.1, 0.15) is 5.69 Å². The van der Waals surface area contributed by atoms with Crippen molar-refractivity contribution in [1.82, 2.24) is 15.0 Å². The van der Waals surface area contributed by atoms with Gasteiger partial charge in [-0.05, 0) is 41.1 Å². The lowest BCUT2D eigenvalue weighted by Crippen LogP contribution is -1.97. The standard InChI is InChI=1S/C11H11ClIN3/c1-2-8(12)10-7-16(15-14-10)11-6-4-3-5-9(11)13/h3-8H,2H2,1H3. The Morgan fingerprint density at radius 2 is 2.19 bits per heavy atom.